The lowest BCUT2D eigenvalue weighted by Crippen LogP contribution is -2.48. The van der Waals surface area contributed by atoms with E-state index >= 15 is 0 Å². The van der Waals surface area contributed by atoms with Gasteiger partial charge in [0.1, 0.15) is 5.75 Å². The Kier molecular flexibility index (Phi) is 6.30. The number of ether oxygens (including phenoxy) is 1. The number of halogens is 3. The Morgan fingerprint density at radius 1 is 1.29 bits per heavy atom. The highest BCUT2D eigenvalue weighted by Gasteiger charge is 2.28. The van der Waals surface area contributed by atoms with Crippen LogP contribution in [0.15, 0.2) is 24.3 Å². The van der Waals surface area contributed by atoms with Crippen molar-refractivity contribution in [3.63, 3.8) is 0 Å². The molecule has 24 heavy (non-hydrogen) atoms. The van der Waals surface area contributed by atoms with Gasteiger partial charge < -0.3 is 20.5 Å². The van der Waals surface area contributed by atoms with Gasteiger partial charge >= 0.3 is 12.2 Å². The molecule has 0 radical (unpaired) electrons. The van der Waals surface area contributed by atoms with Gasteiger partial charge in [0.15, 0.2) is 6.61 Å². The highest BCUT2D eigenvalue weighted by molar-refractivity contribution is 5.74. The first-order chi connectivity index (χ1) is 11.3. The van der Waals surface area contributed by atoms with E-state index < -0.39 is 24.9 Å². The molecule has 134 valence electrons. The lowest BCUT2D eigenvalue weighted by atomic mass is 9.93. The van der Waals surface area contributed by atoms with Crippen molar-refractivity contribution >= 4 is 6.03 Å². The average molecular weight is 346 g/mol. The van der Waals surface area contributed by atoms with Crippen LogP contribution in [0.25, 0.3) is 0 Å². The van der Waals surface area contributed by atoms with Gasteiger partial charge in [0.05, 0.1) is 12.1 Å². The fourth-order valence-corrected chi connectivity index (χ4v) is 2.59. The van der Waals surface area contributed by atoms with E-state index in [0.717, 1.165) is 19.3 Å². The molecule has 0 heterocycles. The zero-order valence-corrected chi connectivity index (χ0v) is 13.1. The van der Waals surface area contributed by atoms with Crippen molar-refractivity contribution in [2.24, 2.45) is 0 Å². The second kappa shape index (κ2) is 8.23. The van der Waals surface area contributed by atoms with Crippen LogP contribution >= 0.6 is 0 Å². The fourth-order valence-electron chi connectivity index (χ4n) is 2.59. The predicted octanol–water partition coefficient (Wildman–Crippen LogP) is 2.73. The molecule has 3 N–H and O–H groups in total. The van der Waals surface area contributed by atoms with Gasteiger partial charge in [-0.3, -0.25) is 0 Å². The van der Waals surface area contributed by atoms with Gasteiger partial charge in [0.25, 0.3) is 0 Å². The lowest BCUT2D eigenvalue weighted by Gasteiger charge is -2.28. The molecule has 0 aromatic heterocycles. The lowest BCUT2D eigenvalue weighted by molar-refractivity contribution is -0.153. The number of alkyl halides is 3. The minimum Gasteiger partial charge on any atom is -0.484 e. The number of carbonyl (C=O) groups excluding carboxylic acids is 1. The molecular formula is C16H21F3N2O3. The third kappa shape index (κ3) is 6.27. The molecule has 2 atom stereocenters. The Morgan fingerprint density at radius 3 is 2.75 bits per heavy atom. The molecule has 0 saturated heterocycles. The number of rotatable bonds is 5. The Hall–Kier alpha value is -1.96. The number of amides is 2. The summed E-state index contributed by atoms with van der Waals surface area (Å²) in [7, 11) is 0. The van der Waals surface area contributed by atoms with E-state index in [4.69, 9.17) is 0 Å². The molecule has 2 rings (SSSR count). The summed E-state index contributed by atoms with van der Waals surface area (Å²) in [6, 6.07) is 5.43. The third-order valence-electron chi connectivity index (χ3n) is 3.80. The Balaban J connectivity index is 1.79. The molecule has 1 aromatic rings. The zero-order chi connectivity index (χ0) is 17.6. The molecule has 0 aliphatic heterocycles. The number of nitrogens with one attached hydrogen (secondary N) is 2. The second-order valence-corrected chi connectivity index (χ2v) is 5.84. The normalized spacial score (nSPS) is 21.2. The maximum atomic E-state index is 12.1. The van der Waals surface area contributed by atoms with Crippen molar-refractivity contribution in [3.8, 4) is 5.75 Å². The van der Waals surface area contributed by atoms with E-state index in [1.165, 1.54) is 12.1 Å². The van der Waals surface area contributed by atoms with Crippen LogP contribution < -0.4 is 15.4 Å². The van der Waals surface area contributed by atoms with E-state index in [1.54, 1.807) is 12.1 Å². The topological polar surface area (TPSA) is 70.6 Å². The quantitative estimate of drug-likeness (QED) is 0.768. The number of hydrogen-bond acceptors (Lipinski definition) is 3. The molecule has 0 spiro atoms. The van der Waals surface area contributed by atoms with Crippen molar-refractivity contribution < 1.29 is 27.8 Å². The number of urea groups is 1. The van der Waals surface area contributed by atoms with Crippen LogP contribution in [0.1, 0.15) is 31.2 Å². The van der Waals surface area contributed by atoms with Crippen molar-refractivity contribution in [2.45, 2.75) is 50.6 Å². The standard InChI is InChI=1S/C16H21F3N2O3/c17-16(18,19)10-24-12-5-3-4-11(8-12)9-20-15(23)21-13-6-1-2-7-14(13)22/h3-5,8,13-14,22H,1-2,6-7,9-10H2,(H2,20,21,23). The van der Waals surface area contributed by atoms with Gasteiger partial charge in [0, 0.05) is 6.54 Å². The number of aliphatic hydroxyl groups is 1. The molecule has 1 fully saturated rings. The zero-order valence-electron chi connectivity index (χ0n) is 13.1. The Morgan fingerprint density at radius 2 is 2.04 bits per heavy atom. The summed E-state index contributed by atoms with van der Waals surface area (Å²) >= 11 is 0. The number of aliphatic hydroxyl groups excluding tert-OH is 1. The average Bonchev–Trinajstić information content (AvgIpc) is 2.53. The molecule has 2 amide bonds. The maximum Gasteiger partial charge on any atom is 0.422 e. The molecule has 1 saturated carbocycles. The monoisotopic (exact) mass is 346 g/mol. The first-order valence-corrected chi connectivity index (χ1v) is 7.84. The van der Waals surface area contributed by atoms with E-state index in [1.807, 2.05) is 0 Å². The van der Waals surface area contributed by atoms with Crippen LogP contribution in [0.4, 0.5) is 18.0 Å². The Labute approximate surface area is 138 Å². The van der Waals surface area contributed by atoms with E-state index in [-0.39, 0.29) is 18.3 Å². The predicted molar refractivity (Wildman–Crippen MR) is 81.6 cm³/mol. The van der Waals surface area contributed by atoms with E-state index in [0.29, 0.717) is 12.0 Å². The van der Waals surface area contributed by atoms with E-state index in [2.05, 4.69) is 15.4 Å². The molecule has 5 nitrogen and oxygen atoms in total. The summed E-state index contributed by atoms with van der Waals surface area (Å²) in [5.74, 6) is 0.0923. The number of benzene rings is 1. The molecule has 0 bridgehead atoms. The van der Waals surface area contributed by atoms with Crippen LogP contribution in [0.3, 0.4) is 0 Å². The minimum atomic E-state index is -4.39. The van der Waals surface area contributed by atoms with E-state index in [9.17, 15) is 23.1 Å². The van der Waals surface area contributed by atoms with Crippen molar-refractivity contribution in [1.82, 2.24) is 10.6 Å². The number of carbonyl (C=O) groups is 1. The van der Waals surface area contributed by atoms with Crippen LogP contribution in [0, 0.1) is 0 Å². The van der Waals surface area contributed by atoms with Crippen LogP contribution in [-0.2, 0) is 6.54 Å². The minimum absolute atomic E-state index is 0.0923. The Bertz CT molecular complexity index is 552. The van der Waals surface area contributed by atoms with Gasteiger partial charge in [-0.05, 0) is 30.5 Å². The molecular weight excluding hydrogens is 325 g/mol. The number of hydrogen-bond donors (Lipinski definition) is 3. The summed E-state index contributed by atoms with van der Waals surface area (Å²) in [6.07, 6.45) is -1.62. The van der Waals surface area contributed by atoms with Crippen molar-refractivity contribution in [2.75, 3.05) is 6.61 Å². The highest BCUT2D eigenvalue weighted by atomic mass is 19.4. The summed E-state index contributed by atoms with van der Waals surface area (Å²) in [5, 5.41) is 15.2. The first kappa shape index (κ1) is 18.4. The summed E-state index contributed by atoms with van der Waals surface area (Å²) in [4.78, 5) is 11.9. The first-order valence-electron chi connectivity index (χ1n) is 7.84. The largest absolute Gasteiger partial charge is 0.484 e. The van der Waals surface area contributed by atoms with Gasteiger partial charge in [-0.15, -0.1) is 0 Å². The summed E-state index contributed by atoms with van der Waals surface area (Å²) < 4.78 is 41.1. The maximum absolute atomic E-state index is 12.1. The van der Waals surface area contributed by atoms with Crippen LogP contribution in [0.2, 0.25) is 0 Å². The third-order valence-corrected chi connectivity index (χ3v) is 3.80. The van der Waals surface area contributed by atoms with Crippen LogP contribution in [0.5, 0.6) is 5.75 Å². The summed E-state index contributed by atoms with van der Waals surface area (Å²) in [5.41, 5.74) is 0.619. The summed E-state index contributed by atoms with van der Waals surface area (Å²) in [6.45, 7) is -1.21. The second-order valence-electron chi connectivity index (χ2n) is 5.84. The highest BCUT2D eigenvalue weighted by Crippen LogP contribution is 2.20. The molecule has 2 unspecified atom stereocenters. The molecule has 1 aliphatic rings. The van der Waals surface area contributed by atoms with Gasteiger partial charge in [0.2, 0.25) is 0 Å². The van der Waals surface area contributed by atoms with Crippen LogP contribution in [-0.4, -0.2) is 36.1 Å². The van der Waals surface area contributed by atoms with Crippen molar-refractivity contribution in [1.29, 1.82) is 0 Å². The smallest absolute Gasteiger partial charge is 0.422 e. The van der Waals surface area contributed by atoms with Crippen molar-refractivity contribution in [3.05, 3.63) is 29.8 Å². The fraction of sp³-hybridized carbons (Fsp3) is 0.562. The molecule has 8 heteroatoms. The van der Waals surface area contributed by atoms with Gasteiger partial charge in [-0.1, -0.05) is 25.0 Å². The molecule has 1 aliphatic carbocycles. The SMILES string of the molecule is O=C(NCc1cccc(OCC(F)(F)F)c1)NC1CCCCC1O. The molecule has 1 aromatic carbocycles. The van der Waals surface area contributed by atoms with Gasteiger partial charge in [-0.25, -0.2) is 4.79 Å². The van der Waals surface area contributed by atoms with Gasteiger partial charge in [-0.2, -0.15) is 13.2 Å².